The Morgan fingerprint density at radius 2 is 1.88 bits per heavy atom. The third kappa shape index (κ3) is 2.26. The maximum atomic E-state index is 8.91. The van der Waals surface area contributed by atoms with Crippen molar-refractivity contribution in [1.82, 2.24) is 0 Å². The van der Waals surface area contributed by atoms with Gasteiger partial charge in [0.1, 0.15) is 5.60 Å². The van der Waals surface area contributed by atoms with Crippen LogP contribution < -0.4 is 0 Å². The Morgan fingerprint density at radius 3 is 1.88 bits per heavy atom. The predicted octanol–water partition coefficient (Wildman–Crippen LogP) is -0.278. The average molecular weight is 120 g/mol. The van der Waals surface area contributed by atoms with Crippen LogP contribution in [0.3, 0.4) is 0 Å². The smallest absolute Gasteiger partial charge is 0.182 e. The molecular formula is C5H12O3. The standard InChI is InChI=1S/C5H12O3/c1-5(2,7)4(6)8-3/h4,6-7H,1-3H3. The SMILES string of the molecule is COC(O)C(C)(C)O. The molecule has 0 bridgehead atoms. The molecule has 0 saturated heterocycles. The van der Waals surface area contributed by atoms with Gasteiger partial charge < -0.3 is 14.9 Å². The molecule has 2 N–H and O–H groups in total. The Labute approximate surface area is 48.9 Å². The van der Waals surface area contributed by atoms with Crippen LogP contribution in [0.15, 0.2) is 0 Å². The quantitative estimate of drug-likeness (QED) is 0.493. The summed E-state index contributed by atoms with van der Waals surface area (Å²) in [4.78, 5) is 0. The Hall–Kier alpha value is -0.120. The fourth-order valence-corrected chi connectivity index (χ4v) is 0.288. The first-order valence-electron chi connectivity index (χ1n) is 2.41. The third-order valence-corrected chi connectivity index (χ3v) is 0.828. The van der Waals surface area contributed by atoms with E-state index in [9.17, 15) is 0 Å². The summed E-state index contributed by atoms with van der Waals surface area (Å²) < 4.78 is 4.42. The highest BCUT2D eigenvalue weighted by Crippen LogP contribution is 2.07. The molecule has 0 aromatic rings. The van der Waals surface area contributed by atoms with E-state index < -0.39 is 11.9 Å². The van der Waals surface area contributed by atoms with Gasteiger partial charge in [0.25, 0.3) is 0 Å². The molecule has 3 nitrogen and oxygen atoms in total. The lowest BCUT2D eigenvalue weighted by Gasteiger charge is -2.22. The molecule has 0 aromatic carbocycles. The maximum Gasteiger partial charge on any atom is 0.182 e. The van der Waals surface area contributed by atoms with Crippen molar-refractivity contribution < 1.29 is 14.9 Å². The molecule has 0 rings (SSSR count). The second-order valence-corrected chi connectivity index (χ2v) is 2.24. The van der Waals surface area contributed by atoms with Crippen molar-refractivity contribution in [2.75, 3.05) is 7.11 Å². The lowest BCUT2D eigenvalue weighted by molar-refractivity contribution is -0.184. The van der Waals surface area contributed by atoms with E-state index in [1.165, 1.54) is 21.0 Å². The van der Waals surface area contributed by atoms with Crippen molar-refractivity contribution in [2.45, 2.75) is 25.7 Å². The summed E-state index contributed by atoms with van der Waals surface area (Å²) in [6.07, 6.45) is -1.09. The van der Waals surface area contributed by atoms with E-state index in [1.54, 1.807) is 0 Å². The molecule has 0 radical (unpaired) electrons. The molecule has 0 spiro atoms. The first-order valence-corrected chi connectivity index (χ1v) is 2.41. The Bertz CT molecular complexity index is 64.6. The van der Waals surface area contributed by atoms with E-state index in [4.69, 9.17) is 10.2 Å². The molecule has 8 heavy (non-hydrogen) atoms. The maximum absolute atomic E-state index is 8.91. The number of ether oxygens (including phenoxy) is 1. The predicted molar refractivity (Wildman–Crippen MR) is 29.3 cm³/mol. The molecule has 0 aliphatic rings. The zero-order chi connectivity index (χ0) is 6.78. The zero-order valence-corrected chi connectivity index (χ0v) is 5.38. The summed E-state index contributed by atoms with van der Waals surface area (Å²) in [7, 11) is 1.34. The second kappa shape index (κ2) is 2.44. The highest BCUT2D eigenvalue weighted by molar-refractivity contribution is 4.66. The third-order valence-electron chi connectivity index (χ3n) is 0.828. The Balaban J connectivity index is 3.62. The van der Waals surface area contributed by atoms with Crippen LogP contribution in [0.2, 0.25) is 0 Å². The summed E-state index contributed by atoms with van der Waals surface area (Å²) in [6, 6.07) is 0. The molecule has 0 amide bonds. The first kappa shape index (κ1) is 7.88. The van der Waals surface area contributed by atoms with Crippen LogP contribution in [0.25, 0.3) is 0 Å². The lowest BCUT2D eigenvalue weighted by atomic mass is 10.1. The van der Waals surface area contributed by atoms with Crippen molar-refractivity contribution in [2.24, 2.45) is 0 Å². The van der Waals surface area contributed by atoms with Gasteiger partial charge in [-0.25, -0.2) is 0 Å². The topological polar surface area (TPSA) is 49.7 Å². The molecule has 0 aromatic heterocycles. The summed E-state index contributed by atoms with van der Waals surface area (Å²) in [5.41, 5.74) is -1.16. The van der Waals surface area contributed by atoms with E-state index in [1.807, 2.05) is 0 Å². The van der Waals surface area contributed by atoms with Crippen molar-refractivity contribution in [3.8, 4) is 0 Å². The molecule has 0 heterocycles. The number of aliphatic hydroxyl groups excluding tert-OH is 1. The number of rotatable bonds is 2. The summed E-state index contributed by atoms with van der Waals surface area (Å²) in [6.45, 7) is 2.95. The second-order valence-electron chi connectivity index (χ2n) is 2.24. The highest BCUT2D eigenvalue weighted by atomic mass is 16.6. The van der Waals surface area contributed by atoms with Gasteiger partial charge in [-0.3, -0.25) is 0 Å². The molecular weight excluding hydrogens is 108 g/mol. The fourth-order valence-electron chi connectivity index (χ4n) is 0.288. The van der Waals surface area contributed by atoms with Crippen LogP contribution in [-0.2, 0) is 4.74 Å². The van der Waals surface area contributed by atoms with Gasteiger partial charge in [-0.1, -0.05) is 0 Å². The highest BCUT2D eigenvalue weighted by Gasteiger charge is 2.23. The minimum Gasteiger partial charge on any atom is -0.385 e. The van der Waals surface area contributed by atoms with Gasteiger partial charge in [0.05, 0.1) is 0 Å². The van der Waals surface area contributed by atoms with Crippen molar-refractivity contribution >= 4 is 0 Å². The van der Waals surface area contributed by atoms with Gasteiger partial charge in [0, 0.05) is 7.11 Å². The van der Waals surface area contributed by atoms with E-state index in [-0.39, 0.29) is 0 Å². The van der Waals surface area contributed by atoms with Crippen LogP contribution >= 0.6 is 0 Å². The van der Waals surface area contributed by atoms with Gasteiger partial charge in [-0.15, -0.1) is 0 Å². The number of hydrogen-bond donors (Lipinski definition) is 2. The number of methoxy groups -OCH3 is 1. The molecule has 50 valence electrons. The van der Waals surface area contributed by atoms with Gasteiger partial charge in [0.15, 0.2) is 6.29 Å². The van der Waals surface area contributed by atoms with Crippen LogP contribution in [-0.4, -0.2) is 29.2 Å². The summed E-state index contributed by atoms with van der Waals surface area (Å²) >= 11 is 0. The van der Waals surface area contributed by atoms with Crippen LogP contribution in [0, 0.1) is 0 Å². The molecule has 1 unspecified atom stereocenters. The van der Waals surface area contributed by atoms with E-state index in [0.717, 1.165) is 0 Å². The van der Waals surface area contributed by atoms with Crippen LogP contribution in [0.1, 0.15) is 13.8 Å². The van der Waals surface area contributed by atoms with Gasteiger partial charge in [-0.2, -0.15) is 0 Å². The first-order chi connectivity index (χ1) is 3.48. The molecule has 0 fully saturated rings. The van der Waals surface area contributed by atoms with Crippen molar-refractivity contribution in [3.63, 3.8) is 0 Å². The molecule has 0 aliphatic heterocycles. The molecule has 0 aliphatic carbocycles. The largest absolute Gasteiger partial charge is 0.385 e. The Kier molecular flexibility index (Phi) is 2.40. The monoisotopic (exact) mass is 120 g/mol. The van der Waals surface area contributed by atoms with Crippen molar-refractivity contribution in [1.29, 1.82) is 0 Å². The molecule has 0 saturated carbocycles. The summed E-state index contributed by atoms with van der Waals surface area (Å²) in [5, 5.41) is 17.6. The number of aliphatic hydroxyl groups is 2. The van der Waals surface area contributed by atoms with E-state index >= 15 is 0 Å². The van der Waals surface area contributed by atoms with Gasteiger partial charge in [0.2, 0.25) is 0 Å². The molecule has 1 atom stereocenters. The van der Waals surface area contributed by atoms with Gasteiger partial charge in [-0.05, 0) is 13.8 Å². The van der Waals surface area contributed by atoms with E-state index in [2.05, 4.69) is 4.74 Å². The van der Waals surface area contributed by atoms with E-state index in [0.29, 0.717) is 0 Å². The minimum absolute atomic E-state index is 1.09. The zero-order valence-electron chi connectivity index (χ0n) is 5.38. The lowest BCUT2D eigenvalue weighted by Crippen LogP contribution is -2.36. The minimum atomic E-state index is -1.16. The number of hydrogen-bond acceptors (Lipinski definition) is 3. The fraction of sp³-hybridized carbons (Fsp3) is 1.00. The summed E-state index contributed by atoms with van der Waals surface area (Å²) in [5.74, 6) is 0. The normalized spacial score (nSPS) is 16.1. The van der Waals surface area contributed by atoms with Gasteiger partial charge >= 0.3 is 0 Å². The van der Waals surface area contributed by atoms with Crippen molar-refractivity contribution in [3.05, 3.63) is 0 Å². The van der Waals surface area contributed by atoms with Crippen LogP contribution in [0.4, 0.5) is 0 Å². The average Bonchev–Trinajstić information content (AvgIpc) is 1.62. The van der Waals surface area contributed by atoms with Crippen LogP contribution in [0.5, 0.6) is 0 Å². The Morgan fingerprint density at radius 1 is 1.50 bits per heavy atom. The molecule has 3 heteroatoms.